The van der Waals surface area contributed by atoms with Crippen LogP contribution in [0.2, 0.25) is 0 Å². The molecule has 0 N–H and O–H groups in total. The summed E-state index contributed by atoms with van der Waals surface area (Å²) < 4.78 is 6.81. The van der Waals surface area contributed by atoms with Crippen LogP contribution in [-0.4, -0.2) is 22.6 Å². The van der Waals surface area contributed by atoms with Gasteiger partial charge in [0.1, 0.15) is 0 Å². The Balaban J connectivity index is 2.28. The second-order valence-corrected chi connectivity index (χ2v) is 4.94. The zero-order valence-corrected chi connectivity index (χ0v) is 12.5. The van der Waals surface area contributed by atoms with E-state index in [4.69, 9.17) is 4.74 Å². The molecule has 0 radical (unpaired) electrons. The molecule has 0 fully saturated rings. The summed E-state index contributed by atoms with van der Waals surface area (Å²) in [6.07, 6.45) is 6.82. The summed E-state index contributed by atoms with van der Waals surface area (Å²) in [5, 5.41) is 1.09. The van der Waals surface area contributed by atoms with Crippen LogP contribution in [0.3, 0.4) is 0 Å². The minimum absolute atomic E-state index is 0.370. The summed E-state index contributed by atoms with van der Waals surface area (Å²) in [5.74, 6) is -0.370. The summed E-state index contributed by atoms with van der Waals surface area (Å²) in [6, 6.07) is 12.0. The Kier molecular flexibility index (Phi) is 3.74. The minimum atomic E-state index is -0.370. The van der Waals surface area contributed by atoms with Crippen LogP contribution in [0.25, 0.3) is 28.2 Å². The van der Waals surface area contributed by atoms with E-state index in [2.05, 4.69) is 15.6 Å². The van der Waals surface area contributed by atoms with E-state index in [1.54, 1.807) is 12.3 Å². The molecular formula is C18H16N2O2. The molecule has 0 aliphatic carbocycles. The van der Waals surface area contributed by atoms with E-state index in [0.717, 1.165) is 27.7 Å². The first kappa shape index (κ1) is 14.1. The smallest absolute Gasteiger partial charge is 0.330 e. The number of nitrogens with zero attached hydrogens (tertiary/aromatic N) is 2. The number of carbonyl (C=O) groups excluding carboxylic acids is 1. The highest BCUT2D eigenvalue weighted by Gasteiger charge is 2.14. The lowest BCUT2D eigenvalue weighted by Gasteiger charge is -2.05. The predicted octanol–water partition coefficient (Wildman–Crippen LogP) is 3.43. The van der Waals surface area contributed by atoms with Crippen LogP contribution in [0, 0.1) is 0 Å². The lowest BCUT2D eigenvalue weighted by Crippen LogP contribution is -1.95. The largest absolute Gasteiger partial charge is 0.466 e. The molecular weight excluding hydrogens is 276 g/mol. The minimum Gasteiger partial charge on any atom is -0.466 e. The van der Waals surface area contributed by atoms with Crippen molar-refractivity contribution in [1.82, 2.24) is 9.55 Å². The molecule has 0 amide bonds. The van der Waals surface area contributed by atoms with E-state index in [1.807, 2.05) is 43.6 Å². The second kappa shape index (κ2) is 5.85. The SMILES string of the molecule is COC(=O)C=Cc1c(-c2cccnc2)n(C)c2ccccc12. The van der Waals surface area contributed by atoms with Gasteiger partial charge in [-0.2, -0.15) is 0 Å². The molecule has 2 aromatic heterocycles. The van der Waals surface area contributed by atoms with Crippen molar-refractivity contribution in [3.8, 4) is 11.3 Å². The number of fused-ring (bicyclic) bond motifs is 1. The van der Waals surface area contributed by atoms with Gasteiger partial charge >= 0.3 is 5.97 Å². The zero-order valence-electron chi connectivity index (χ0n) is 12.5. The Morgan fingerprint density at radius 1 is 1.23 bits per heavy atom. The lowest BCUT2D eigenvalue weighted by molar-refractivity contribution is -0.134. The van der Waals surface area contributed by atoms with Gasteiger partial charge in [0.25, 0.3) is 0 Å². The van der Waals surface area contributed by atoms with Gasteiger partial charge in [-0.05, 0) is 24.3 Å². The molecule has 0 spiro atoms. The molecule has 0 bridgehead atoms. The van der Waals surface area contributed by atoms with E-state index in [1.165, 1.54) is 13.2 Å². The first-order valence-corrected chi connectivity index (χ1v) is 6.96. The molecule has 0 saturated heterocycles. The molecule has 4 heteroatoms. The van der Waals surface area contributed by atoms with E-state index >= 15 is 0 Å². The number of esters is 1. The van der Waals surface area contributed by atoms with E-state index < -0.39 is 0 Å². The molecule has 0 aliphatic heterocycles. The van der Waals surface area contributed by atoms with Crippen LogP contribution < -0.4 is 0 Å². The van der Waals surface area contributed by atoms with E-state index in [-0.39, 0.29) is 5.97 Å². The van der Waals surface area contributed by atoms with Crippen LogP contribution in [0.5, 0.6) is 0 Å². The highest BCUT2D eigenvalue weighted by Crippen LogP contribution is 2.33. The van der Waals surface area contributed by atoms with Gasteiger partial charge in [-0.15, -0.1) is 0 Å². The maximum Gasteiger partial charge on any atom is 0.330 e. The third-order valence-corrected chi connectivity index (χ3v) is 3.67. The van der Waals surface area contributed by atoms with Gasteiger partial charge in [0.05, 0.1) is 12.8 Å². The first-order valence-electron chi connectivity index (χ1n) is 6.96. The van der Waals surface area contributed by atoms with Gasteiger partial charge in [-0.1, -0.05) is 18.2 Å². The summed E-state index contributed by atoms with van der Waals surface area (Å²) in [4.78, 5) is 15.6. The van der Waals surface area contributed by atoms with Gasteiger partial charge in [-0.3, -0.25) is 4.98 Å². The Labute approximate surface area is 128 Å². The van der Waals surface area contributed by atoms with Gasteiger partial charge in [0, 0.05) is 47.5 Å². The van der Waals surface area contributed by atoms with Crippen molar-refractivity contribution in [2.75, 3.05) is 7.11 Å². The summed E-state index contributed by atoms with van der Waals surface area (Å²) in [5.41, 5.74) is 4.11. The van der Waals surface area contributed by atoms with Crippen molar-refractivity contribution in [2.45, 2.75) is 0 Å². The predicted molar refractivity (Wildman–Crippen MR) is 87.2 cm³/mol. The third-order valence-electron chi connectivity index (χ3n) is 3.67. The lowest BCUT2D eigenvalue weighted by atomic mass is 10.1. The molecule has 1 aromatic carbocycles. The van der Waals surface area contributed by atoms with Crippen LogP contribution in [0.4, 0.5) is 0 Å². The number of para-hydroxylation sites is 1. The highest BCUT2D eigenvalue weighted by atomic mass is 16.5. The number of ether oxygens (including phenoxy) is 1. The van der Waals surface area contributed by atoms with Crippen molar-refractivity contribution in [3.05, 3.63) is 60.4 Å². The number of aryl methyl sites for hydroxylation is 1. The van der Waals surface area contributed by atoms with Crippen LogP contribution in [0.1, 0.15) is 5.56 Å². The van der Waals surface area contributed by atoms with Crippen LogP contribution in [0.15, 0.2) is 54.9 Å². The quantitative estimate of drug-likeness (QED) is 0.549. The standard InChI is InChI=1S/C18H16N2O2/c1-20-16-8-4-3-7-14(16)15(9-10-17(21)22-2)18(20)13-6-5-11-19-12-13/h3-12H,1-2H3. The molecule has 2 heterocycles. The first-order chi connectivity index (χ1) is 10.7. The Morgan fingerprint density at radius 3 is 2.77 bits per heavy atom. The molecule has 0 unspecified atom stereocenters. The van der Waals surface area contributed by atoms with Crippen molar-refractivity contribution < 1.29 is 9.53 Å². The van der Waals surface area contributed by atoms with Gasteiger partial charge in [0.15, 0.2) is 0 Å². The van der Waals surface area contributed by atoms with Crippen LogP contribution >= 0.6 is 0 Å². The Morgan fingerprint density at radius 2 is 2.05 bits per heavy atom. The summed E-state index contributed by atoms with van der Waals surface area (Å²) >= 11 is 0. The van der Waals surface area contributed by atoms with E-state index in [0.29, 0.717) is 0 Å². The topological polar surface area (TPSA) is 44.1 Å². The van der Waals surface area contributed by atoms with Gasteiger partial charge < -0.3 is 9.30 Å². The fourth-order valence-electron chi connectivity index (χ4n) is 2.66. The fraction of sp³-hybridized carbons (Fsp3) is 0.111. The zero-order chi connectivity index (χ0) is 15.5. The molecule has 0 aliphatic rings. The Hall–Kier alpha value is -2.88. The number of benzene rings is 1. The van der Waals surface area contributed by atoms with Gasteiger partial charge in [0.2, 0.25) is 0 Å². The number of hydrogen-bond acceptors (Lipinski definition) is 3. The van der Waals surface area contributed by atoms with Crippen molar-refractivity contribution in [2.24, 2.45) is 7.05 Å². The summed E-state index contributed by atoms with van der Waals surface area (Å²) in [7, 11) is 3.39. The number of aromatic nitrogens is 2. The number of hydrogen-bond donors (Lipinski definition) is 0. The summed E-state index contributed by atoms with van der Waals surface area (Å²) in [6.45, 7) is 0. The van der Waals surface area contributed by atoms with Gasteiger partial charge in [-0.25, -0.2) is 4.79 Å². The molecule has 110 valence electrons. The number of pyridine rings is 1. The average molecular weight is 292 g/mol. The average Bonchev–Trinajstić information content (AvgIpc) is 2.86. The normalized spacial score (nSPS) is 11.2. The molecule has 3 aromatic rings. The van der Waals surface area contributed by atoms with E-state index in [9.17, 15) is 4.79 Å². The monoisotopic (exact) mass is 292 g/mol. The maximum atomic E-state index is 11.4. The number of rotatable bonds is 3. The highest BCUT2D eigenvalue weighted by molar-refractivity contribution is 6.00. The third kappa shape index (κ3) is 2.39. The molecule has 4 nitrogen and oxygen atoms in total. The molecule has 0 atom stereocenters. The van der Waals surface area contributed by atoms with Crippen molar-refractivity contribution in [1.29, 1.82) is 0 Å². The fourth-order valence-corrected chi connectivity index (χ4v) is 2.66. The second-order valence-electron chi connectivity index (χ2n) is 4.94. The number of methoxy groups -OCH3 is 1. The van der Waals surface area contributed by atoms with Crippen LogP contribution in [-0.2, 0) is 16.6 Å². The molecule has 22 heavy (non-hydrogen) atoms. The Bertz CT molecular complexity index is 848. The molecule has 0 saturated carbocycles. The molecule has 3 rings (SSSR count). The maximum absolute atomic E-state index is 11.4. The van der Waals surface area contributed by atoms with Crippen molar-refractivity contribution >= 4 is 22.9 Å². The van der Waals surface area contributed by atoms with Crippen molar-refractivity contribution in [3.63, 3.8) is 0 Å². The number of carbonyl (C=O) groups is 1.